The lowest BCUT2D eigenvalue weighted by Gasteiger charge is -2.05. The van der Waals surface area contributed by atoms with Crippen LogP contribution in [0.2, 0.25) is 0 Å². The largest absolute Gasteiger partial charge is 0.396 e. The second-order valence-electron chi connectivity index (χ2n) is 3.84. The van der Waals surface area contributed by atoms with Crippen molar-refractivity contribution in [1.82, 2.24) is 5.32 Å². The van der Waals surface area contributed by atoms with E-state index in [2.05, 4.69) is 5.32 Å². The van der Waals surface area contributed by atoms with E-state index in [0.29, 0.717) is 24.9 Å². The van der Waals surface area contributed by atoms with Gasteiger partial charge in [0.1, 0.15) is 0 Å². The smallest absolute Gasteiger partial charge is 0.273 e. The number of hydrogen-bond acceptors (Lipinski definition) is 4. The van der Waals surface area contributed by atoms with E-state index in [1.807, 2.05) is 0 Å². The molecule has 0 aliphatic carbocycles. The fraction of sp³-hybridized carbons (Fsp3) is 0.417. The van der Waals surface area contributed by atoms with Gasteiger partial charge in [-0.1, -0.05) is 18.2 Å². The fourth-order valence-corrected chi connectivity index (χ4v) is 1.54. The molecule has 0 saturated heterocycles. The second kappa shape index (κ2) is 7.39. The maximum absolute atomic E-state index is 11.6. The third-order valence-electron chi connectivity index (χ3n) is 2.45. The summed E-state index contributed by atoms with van der Waals surface area (Å²) in [5.74, 6) is -0.248. The molecule has 1 aromatic carbocycles. The van der Waals surface area contributed by atoms with Gasteiger partial charge < -0.3 is 10.4 Å². The predicted octanol–water partition coefficient (Wildman–Crippen LogP) is 1.03. The van der Waals surface area contributed by atoms with Crippen molar-refractivity contribution in [2.24, 2.45) is 0 Å². The Morgan fingerprint density at radius 3 is 2.72 bits per heavy atom. The quantitative estimate of drug-likeness (QED) is 0.430. The van der Waals surface area contributed by atoms with Crippen LogP contribution in [0.5, 0.6) is 0 Å². The summed E-state index contributed by atoms with van der Waals surface area (Å²) in [4.78, 5) is 21.8. The summed E-state index contributed by atoms with van der Waals surface area (Å²) in [7, 11) is 0. The molecule has 0 radical (unpaired) electrons. The molecule has 0 atom stereocenters. The van der Waals surface area contributed by atoms with Crippen LogP contribution in [0.3, 0.4) is 0 Å². The van der Waals surface area contributed by atoms with Crippen molar-refractivity contribution >= 4 is 11.6 Å². The zero-order valence-electron chi connectivity index (χ0n) is 9.96. The van der Waals surface area contributed by atoms with Crippen LogP contribution >= 0.6 is 0 Å². The van der Waals surface area contributed by atoms with Gasteiger partial charge in [-0.15, -0.1) is 0 Å². The van der Waals surface area contributed by atoms with E-state index in [0.717, 1.165) is 0 Å². The summed E-state index contributed by atoms with van der Waals surface area (Å²) in [5.41, 5.74) is 0.366. The van der Waals surface area contributed by atoms with E-state index in [1.165, 1.54) is 6.07 Å². The maximum Gasteiger partial charge on any atom is 0.273 e. The van der Waals surface area contributed by atoms with E-state index in [1.54, 1.807) is 18.2 Å². The average molecular weight is 252 g/mol. The highest BCUT2D eigenvalue weighted by atomic mass is 16.6. The minimum absolute atomic E-state index is 0.00369. The monoisotopic (exact) mass is 252 g/mol. The molecule has 6 heteroatoms. The van der Waals surface area contributed by atoms with Crippen molar-refractivity contribution in [2.75, 3.05) is 13.2 Å². The van der Waals surface area contributed by atoms with E-state index in [-0.39, 0.29) is 24.6 Å². The summed E-state index contributed by atoms with van der Waals surface area (Å²) in [6, 6.07) is 6.20. The zero-order valence-corrected chi connectivity index (χ0v) is 9.96. The van der Waals surface area contributed by atoms with E-state index in [9.17, 15) is 14.9 Å². The molecule has 0 aliphatic rings. The van der Waals surface area contributed by atoms with Crippen molar-refractivity contribution in [3.63, 3.8) is 0 Å². The van der Waals surface area contributed by atoms with Crippen LogP contribution in [-0.4, -0.2) is 29.1 Å². The maximum atomic E-state index is 11.6. The molecule has 0 bridgehead atoms. The van der Waals surface area contributed by atoms with Gasteiger partial charge in [-0.3, -0.25) is 14.9 Å². The molecule has 0 aliphatic heterocycles. The first kappa shape index (κ1) is 14.1. The Bertz CT molecular complexity index is 420. The summed E-state index contributed by atoms with van der Waals surface area (Å²) in [6.07, 6.45) is 1.32. The van der Waals surface area contributed by atoms with Crippen LogP contribution in [-0.2, 0) is 11.2 Å². The molecule has 2 N–H and O–H groups in total. The SMILES string of the molecule is O=C(Cc1ccccc1[N+](=O)[O-])NCCCCO. The number of hydrogen-bond donors (Lipinski definition) is 2. The number of aliphatic hydroxyl groups excluding tert-OH is 1. The summed E-state index contributed by atoms with van der Waals surface area (Å²) < 4.78 is 0. The van der Waals surface area contributed by atoms with Crippen molar-refractivity contribution in [3.8, 4) is 0 Å². The van der Waals surface area contributed by atoms with Gasteiger partial charge in [0.25, 0.3) is 5.69 Å². The summed E-state index contributed by atoms with van der Waals surface area (Å²) >= 11 is 0. The standard InChI is InChI=1S/C12H16N2O4/c15-8-4-3-7-13-12(16)9-10-5-1-2-6-11(10)14(17)18/h1-2,5-6,15H,3-4,7-9H2,(H,13,16). The number of para-hydroxylation sites is 1. The molecular formula is C12H16N2O4. The first-order chi connectivity index (χ1) is 8.65. The topological polar surface area (TPSA) is 92.5 Å². The van der Waals surface area contributed by atoms with Crippen LogP contribution in [0.15, 0.2) is 24.3 Å². The summed E-state index contributed by atoms with van der Waals surface area (Å²) in [6.45, 7) is 0.569. The van der Waals surface area contributed by atoms with Crippen molar-refractivity contribution in [3.05, 3.63) is 39.9 Å². The highest BCUT2D eigenvalue weighted by molar-refractivity contribution is 5.79. The fourth-order valence-electron chi connectivity index (χ4n) is 1.54. The minimum Gasteiger partial charge on any atom is -0.396 e. The summed E-state index contributed by atoms with van der Waals surface area (Å²) in [5, 5.41) is 22.0. The lowest BCUT2D eigenvalue weighted by molar-refractivity contribution is -0.385. The van der Waals surface area contributed by atoms with Crippen LogP contribution in [0.4, 0.5) is 5.69 Å². The van der Waals surface area contributed by atoms with Crippen LogP contribution < -0.4 is 5.32 Å². The van der Waals surface area contributed by atoms with E-state index < -0.39 is 4.92 Å². The number of nitro benzene ring substituents is 1. The Labute approximate surface area is 105 Å². The lowest BCUT2D eigenvalue weighted by Crippen LogP contribution is -2.26. The number of aliphatic hydroxyl groups is 1. The number of benzene rings is 1. The predicted molar refractivity (Wildman–Crippen MR) is 66.1 cm³/mol. The third-order valence-corrected chi connectivity index (χ3v) is 2.45. The second-order valence-corrected chi connectivity index (χ2v) is 3.84. The van der Waals surface area contributed by atoms with Gasteiger partial charge >= 0.3 is 0 Å². The number of rotatable bonds is 7. The van der Waals surface area contributed by atoms with Crippen molar-refractivity contribution in [1.29, 1.82) is 0 Å². The van der Waals surface area contributed by atoms with Gasteiger partial charge in [-0.05, 0) is 12.8 Å². The normalized spacial score (nSPS) is 10.1. The Morgan fingerprint density at radius 2 is 2.06 bits per heavy atom. The molecule has 1 aromatic rings. The van der Waals surface area contributed by atoms with Crippen molar-refractivity contribution in [2.45, 2.75) is 19.3 Å². The number of amides is 1. The molecule has 6 nitrogen and oxygen atoms in total. The van der Waals surface area contributed by atoms with Crippen LogP contribution in [0.25, 0.3) is 0 Å². The first-order valence-corrected chi connectivity index (χ1v) is 5.75. The average Bonchev–Trinajstić information content (AvgIpc) is 2.35. The first-order valence-electron chi connectivity index (χ1n) is 5.75. The number of carbonyl (C=O) groups excluding carboxylic acids is 1. The highest BCUT2D eigenvalue weighted by Crippen LogP contribution is 2.17. The number of nitro groups is 1. The van der Waals surface area contributed by atoms with E-state index in [4.69, 9.17) is 5.11 Å². The van der Waals surface area contributed by atoms with Gasteiger partial charge in [-0.2, -0.15) is 0 Å². The van der Waals surface area contributed by atoms with Gasteiger partial charge in [0.15, 0.2) is 0 Å². The number of nitrogens with one attached hydrogen (secondary N) is 1. The van der Waals surface area contributed by atoms with Crippen LogP contribution in [0.1, 0.15) is 18.4 Å². The Kier molecular flexibility index (Phi) is 5.79. The van der Waals surface area contributed by atoms with Gasteiger partial charge in [-0.25, -0.2) is 0 Å². The molecule has 0 spiro atoms. The van der Waals surface area contributed by atoms with Gasteiger partial charge in [0.2, 0.25) is 5.91 Å². The number of unbranched alkanes of at least 4 members (excludes halogenated alkanes) is 1. The lowest BCUT2D eigenvalue weighted by atomic mass is 10.1. The molecular weight excluding hydrogens is 236 g/mol. The molecule has 98 valence electrons. The van der Waals surface area contributed by atoms with Crippen molar-refractivity contribution < 1.29 is 14.8 Å². The third kappa shape index (κ3) is 4.50. The Balaban J connectivity index is 2.51. The van der Waals surface area contributed by atoms with Gasteiger partial charge in [0.05, 0.1) is 11.3 Å². The van der Waals surface area contributed by atoms with E-state index >= 15 is 0 Å². The Morgan fingerprint density at radius 1 is 1.33 bits per heavy atom. The Hall–Kier alpha value is -1.95. The van der Waals surface area contributed by atoms with Crippen LogP contribution in [0, 0.1) is 10.1 Å². The molecule has 0 saturated carbocycles. The molecule has 1 rings (SSSR count). The molecule has 0 unspecified atom stereocenters. The number of nitrogens with zero attached hydrogens (tertiary/aromatic N) is 1. The molecule has 18 heavy (non-hydrogen) atoms. The molecule has 0 aromatic heterocycles. The van der Waals surface area contributed by atoms with Gasteiger partial charge in [0, 0.05) is 24.8 Å². The minimum atomic E-state index is -0.492. The molecule has 0 heterocycles. The zero-order chi connectivity index (χ0) is 13.4. The number of carbonyl (C=O) groups is 1. The highest BCUT2D eigenvalue weighted by Gasteiger charge is 2.14. The molecule has 0 fully saturated rings. The molecule has 1 amide bonds.